The van der Waals surface area contributed by atoms with Crippen LogP contribution >= 0.6 is 0 Å². The molecule has 0 spiro atoms. The molecule has 0 bridgehead atoms. The molecule has 1 heterocycles. The van der Waals surface area contributed by atoms with Gasteiger partial charge in [-0.15, -0.1) is 0 Å². The smallest absolute Gasteiger partial charge is 0.220 e. The van der Waals surface area contributed by atoms with Gasteiger partial charge in [0.15, 0.2) is 0 Å². The first-order valence-corrected chi connectivity index (χ1v) is 6.34. The van der Waals surface area contributed by atoms with Crippen molar-refractivity contribution in [1.29, 1.82) is 0 Å². The van der Waals surface area contributed by atoms with E-state index in [1.54, 1.807) is 0 Å². The summed E-state index contributed by atoms with van der Waals surface area (Å²) in [6, 6.07) is 0.518. The van der Waals surface area contributed by atoms with Crippen molar-refractivity contribution >= 4 is 5.91 Å². The number of carbonyl (C=O) groups is 1. The Morgan fingerprint density at radius 2 is 2.07 bits per heavy atom. The van der Waals surface area contributed by atoms with Crippen LogP contribution in [0.4, 0.5) is 0 Å². The molecule has 1 saturated carbocycles. The van der Waals surface area contributed by atoms with E-state index >= 15 is 0 Å². The Kier molecular flexibility index (Phi) is 4.01. The predicted octanol–water partition coefficient (Wildman–Crippen LogP) is 1.43. The fourth-order valence-corrected chi connectivity index (χ4v) is 2.37. The van der Waals surface area contributed by atoms with Crippen molar-refractivity contribution in [2.24, 2.45) is 5.92 Å². The summed E-state index contributed by atoms with van der Waals surface area (Å²) in [5.41, 5.74) is 0. The van der Waals surface area contributed by atoms with E-state index in [4.69, 9.17) is 0 Å². The standard InChI is InChI=1S/C12H22N2O/c15-12(8-10-4-3-5-10)14-9-11-6-1-2-7-13-11/h10-11,13H,1-9H2,(H,14,15). The SMILES string of the molecule is O=C(CC1CCC1)NCC1CCCCN1. The fourth-order valence-electron chi connectivity index (χ4n) is 2.37. The zero-order valence-electron chi connectivity index (χ0n) is 9.43. The average molecular weight is 210 g/mol. The van der Waals surface area contributed by atoms with Gasteiger partial charge < -0.3 is 10.6 Å². The molecule has 0 aromatic rings. The van der Waals surface area contributed by atoms with Crippen LogP contribution < -0.4 is 10.6 Å². The normalized spacial score (nSPS) is 27.1. The second-order valence-corrected chi connectivity index (χ2v) is 4.95. The van der Waals surface area contributed by atoms with E-state index in [0.717, 1.165) is 19.5 Å². The van der Waals surface area contributed by atoms with Crippen LogP contribution in [-0.4, -0.2) is 25.0 Å². The summed E-state index contributed by atoms with van der Waals surface area (Å²) in [5.74, 6) is 0.941. The zero-order chi connectivity index (χ0) is 10.5. The Hall–Kier alpha value is -0.570. The molecule has 2 fully saturated rings. The van der Waals surface area contributed by atoms with E-state index in [2.05, 4.69) is 10.6 Å². The van der Waals surface area contributed by atoms with Crippen LogP contribution in [0, 0.1) is 5.92 Å². The van der Waals surface area contributed by atoms with Crippen LogP contribution in [0.3, 0.4) is 0 Å². The van der Waals surface area contributed by atoms with Crippen LogP contribution in [0.1, 0.15) is 44.9 Å². The number of amides is 1. The van der Waals surface area contributed by atoms with Crippen molar-refractivity contribution in [2.75, 3.05) is 13.1 Å². The molecule has 0 radical (unpaired) electrons. The summed E-state index contributed by atoms with van der Waals surface area (Å²) in [7, 11) is 0. The highest BCUT2D eigenvalue weighted by atomic mass is 16.1. The van der Waals surface area contributed by atoms with Gasteiger partial charge in [-0.25, -0.2) is 0 Å². The van der Waals surface area contributed by atoms with Crippen molar-refractivity contribution in [2.45, 2.75) is 51.0 Å². The molecule has 3 heteroatoms. The molecular weight excluding hydrogens is 188 g/mol. The van der Waals surface area contributed by atoms with Crippen molar-refractivity contribution < 1.29 is 4.79 Å². The lowest BCUT2D eigenvalue weighted by molar-refractivity contribution is -0.122. The number of rotatable bonds is 4. The summed E-state index contributed by atoms with van der Waals surface area (Å²) in [4.78, 5) is 11.6. The zero-order valence-corrected chi connectivity index (χ0v) is 9.43. The van der Waals surface area contributed by atoms with E-state index in [1.165, 1.54) is 38.5 Å². The maximum atomic E-state index is 11.6. The van der Waals surface area contributed by atoms with Crippen LogP contribution in [0.15, 0.2) is 0 Å². The second-order valence-electron chi connectivity index (χ2n) is 4.95. The van der Waals surface area contributed by atoms with Gasteiger partial charge in [0.2, 0.25) is 5.91 Å². The van der Waals surface area contributed by atoms with Gasteiger partial charge in [-0.3, -0.25) is 4.79 Å². The van der Waals surface area contributed by atoms with E-state index in [0.29, 0.717) is 12.0 Å². The number of piperidine rings is 1. The lowest BCUT2D eigenvalue weighted by Gasteiger charge is -2.26. The van der Waals surface area contributed by atoms with E-state index in [1.807, 2.05) is 0 Å². The molecular formula is C12H22N2O. The molecule has 1 atom stereocenters. The van der Waals surface area contributed by atoms with Gasteiger partial charge in [0.1, 0.15) is 0 Å². The summed E-state index contributed by atoms with van der Waals surface area (Å²) in [5, 5.41) is 6.49. The van der Waals surface area contributed by atoms with Crippen molar-refractivity contribution in [3.63, 3.8) is 0 Å². The number of nitrogens with one attached hydrogen (secondary N) is 2. The molecule has 1 amide bonds. The predicted molar refractivity (Wildman–Crippen MR) is 60.6 cm³/mol. The van der Waals surface area contributed by atoms with E-state index in [-0.39, 0.29) is 5.91 Å². The lowest BCUT2D eigenvalue weighted by Crippen LogP contribution is -2.43. The minimum atomic E-state index is 0.257. The highest BCUT2D eigenvalue weighted by Gasteiger charge is 2.21. The van der Waals surface area contributed by atoms with Gasteiger partial charge in [0.25, 0.3) is 0 Å². The van der Waals surface area contributed by atoms with E-state index in [9.17, 15) is 4.79 Å². The molecule has 0 aromatic carbocycles. The number of carbonyl (C=O) groups excluding carboxylic acids is 1. The summed E-state index contributed by atoms with van der Waals surface area (Å²) >= 11 is 0. The van der Waals surface area contributed by atoms with Gasteiger partial charge in [-0.05, 0) is 38.1 Å². The largest absolute Gasteiger partial charge is 0.355 e. The molecule has 2 rings (SSSR count). The Labute approximate surface area is 92.0 Å². The third-order valence-corrected chi connectivity index (χ3v) is 3.66. The third-order valence-electron chi connectivity index (χ3n) is 3.66. The highest BCUT2D eigenvalue weighted by molar-refractivity contribution is 5.76. The molecule has 15 heavy (non-hydrogen) atoms. The maximum absolute atomic E-state index is 11.6. The van der Waals surface area contributed by atoms with Crippen LogP contribution in [0.2, 0.25) is 0 Å². The Morgan fingerprint density at radius 1 is 1.20 bits per heavy atom. The van der Waals surface area contributed by atoms with Gasteiger partial charge in [0, 0.05) is 19.0 Å². The molecule has 1 saturated heterocycles. The molecule has 1 unspecified atom stereocenters. The van der Waals surface area contributed by atoms with Gasteiger partial charge in [-0.1, -0.05) is 12.8 Å². The van der Waals surface area contributed by atoms with Crippen LogP contribution in [0.5, 0.6) is 0 Å². The number of hydrogen-bond donors (Lipinski definition) is 2. The van der Waals surface area contributed by atoms with Gasteiger partial charge >= 0.3 is 0 Å². The van der Waals surface area contributed by atoms with Gasteiger partial charge in [0.05, 0.1) is 0 Å². The average Bonchev–Trinajstić information content (AvgIpc) is 2.22. The molecule has 0 aromatic heterocycles. The number of hydrogen-bond acceptors (Lipinski definition) is 2. The second kappa shape index (κ2) is 5.50. The fraction of sp³-hybridized carbons (Fsp3) is 0.917. The maximum Gasteiger partial charge on any atom is 0.220 e. The molecule has 3 nitrogen and oxygen atoms in total. The van der Waals surface area contributed by atoms with Crippen molar-refractivity contribution in [3.05, 3.63) is 0 Å². The molecule has 2 N–H and O–H groups in total. The molecule has 1 aliphatic carbocycles. The topological polar surface area (TPSA) is 41.1 Å². The highest BCUT2D eigenvalue weighted by Crippen LogP contribution is 2.29. The summed E-state index contributed by atoms with van der Waals surface area (Å²) < 4.78 is 0. The summed E-state index contributed by atoms with van der Waals surface area (Å²) in [6.07, 6.45) is 8.39. The Bertz CT molecular complexity index is 208. The minimum absolute atomic E-state index is 0.257. The Morgan fingerprint density at radius 3 is 2.67 bits per heavy atom. The lowest BCUT2D eigenvalue weighted by atomic mass is 9.83. The first-order valence-electron chi connectivity index (χ1n) is 6.34. The molecule has 86 valence electrons. The van der Waals surface area contributed by atoms with Crippen LogP contribution in [-0.2, 0) is 4.79 Å². The molecule has 1 aliphatic heterocycles. The van der Waals surface area contributed by atoms with E-state index < -0.39 is 0 Å². The van der Waals surface area contributed by atoms with Crippen molar-refractivity contribution in [3.8, 4) is 0 Å². The monoisotopic (exact) mass is 210 g/mol. The van der Waals surface area contributed by atoms with Crippen LogP contribution in [0.25, 0.3) is 0 Å². The summed E-state index contributed by atoms with van der Waals surface area (Å²) in [6.45, 7) is 1.94. The van der Waals surface area contributed by atoms with Crippen molar-refractivity contribution in [1.82, 2.24) is 10.6 Å². The third kappa shape index (κ3) is 3.49. The first kappa shape index (κ1) is 10.9. The quantitative estimate of drug-likeness (QED) is 0.737. The first-order chi connectivity index (χ1) is 7.34. The van der Waals surface area contributed by atoms with Gasteiger partial charge in [-0.2, -0.15) is 0 Å². The minimum Gasteiger partial charge on any atom is -0.355 e. The molecule has 2 aliphatic rings. The Balaban J connectivity index is 1.57.